The fraction of sp³-hybridized carbons (Fsp3) is 0.0952. The van der Waals surface area contributed by atoms with E-state index in [1.807, 2.05) is 11.3 Å². The zero-order valence-electron chi connectivity index (χ0n) is 24.6. The van der Waals surface area contributed by atoms with Gasteiger partial charge in [-0.15, -0.1) is 11.3 Å². The van der Waals surface area contributed by atoms with Crippen molar-refractivity contribution in [2.75, 3.05) is 4.90 Å². The van der Waals surface area contributed by atoms with Crippen LogP contribution in [0.25, 0.3) is 53.2 Å². The summed E-state index contributed by atoms with van der Waals surface area (Å²) in [5, 5.41) is 4.86. The van der Waals surface area contributed by atoms with Gasteiger partial charge in [-0.3, -0.25) is 0 Å². The maximum atomic E-state index is 6.60. The highest BCUT2D eigenvalue weighted by Crippen LogP contribution is 2.55. The first-order valence-electron chi connectivity index (χ1n) is 15.8. The molecule has 0 bridgehead atoms. The lowest BCUT2D eigenvalue weighted by molar-refractivity contribution is 0.673. The molecule has 0 N–H and O–H groups in total. The van der Waals surface area contributed by atoms with Gasteiger partial charge in [-0.2, -0.15) is 0 Å². The molecule has 0 saturated heterocycles. The van der Waals surface area contributed by atoms with Gasteiger partial charge in [0.1, 0.15) is 11.2 Å². The number of hydrogen-bond acceptors (Lipinski definition) is 3. The number of hydrogen-bond donors (Lipinski definition) is 0. The number of para-hydroxylation sites is 1. The van der Waals surface area contributed by atoms with E-state index in [4.69, 9.17) is 4.42 Å². The molecule has 3 heterocycles. The van der Waals surface area contributed by atoms with Crippen molar-refractivity contribution >= 4 is 59.1 Å². The molecule has 2 aromatic heterocycles. The van der Waals surface area contributed by atoms with E-state index in [1.165, 1.54) is 70.3 Å². The van der Waals surface area contributed by atoms with Gasteiger partial charge < -0.3 is 9.32 Å². The minimum atomic E-state index is 0.309. The third-order valence-electron chi connectivity index (χ3n) is 9.91. The SMILES string of the molecule is C1=CCC2C(=C1)N(C1=CCC(c3ccccc3)C=C1)c1cccc(-c3cc4c5ccccc5oc4c4c3sc3ccccc34)c12. The molecule has 0 saturated carbocycles. The average Bonchev–Trinajstić information content (AvgIpc) is 3.78. The second kappa shape index (κ2) is 9.69. The summed E-state index contributed by atoms with van der Waals surface area (Å²) in [5.41, 5.74) is 11.3. The Morgan fingerprint density at radius 3 is 2.49 bits per heavy atom. The molecule has 2 aliphatic carbocycles. The molecule has 0 fully saturated rings. The minimum absolute atomic E-state index is 0.309. The number of benzene rings is 5. The van der Waals surface area contributed by atoms with Crippen molar-refractivity contribution in [1.82, 2.24) is 0 Å². The van der Waals surface area contributed by atoms with Crippen LogP contribution in [0.2, 0.25) is 0 Å². The van der Waals surface area contributed by atoms with Crippen molar-refractivity contribution in [1.29, 1.82) is 0 Å². The van der Waals surface area contributed by atoms with Crippen LogP contribution in [0.5, 0.6) is 0 Å². The van der Waals surface area contributed by atoms with Gasteiger partial charge in [0.2, 0.25) is 0 Å². The van der Waals surface area contributed by atoms with Crippen LogP contribution in [0.1, 0.15) is 35.8 Å². The molecule has 1 aliphatic heterocycles. The molecule has 3 aliphatic rings. The van der Waals surface area contributed by atoms with Crippen molar-refractivity contribution in [3.05, 3.63) is 162 Å². The quantitative estimate of drug-likeness (QED) is 0.202. The van der Waals surface area contributed by atoms with Gasteiger partial charge in [-0.25, -0.2) is 0 Å². The normalized spacial score (nSPS) is 19.0. The molecule has 5 aromatic carbocycles. The van der Waals surface area contributed by atoms with E-state index in [0.29, 0.717) is 11.8 Å². The predicted molar refractivity (Wildman–Crippen MR) is 190 cm³/mol. The van der Waals surface area contributed by atoms with E-state index in [2.05, 4.69) is 144 Å². The molecule has 0 amide bonds. The Morgan fingerprint density at radius 1 is 0.756 bits per heavy atom. The molecule has 0 radical (unpaired) electrons. The summed E-state index contributed by atoms with van der Waals surface area (Å²) >= 11 is 1.88. The Hall–Kier alpha value is -5.12. The van der Waals surface area contributed by atoms with Crippen LogP contribution >= 0.6 is 11.3 Å². The molecule has 2 unspecified atom stereocenters. The van der Waals surface area contributed by atoms with Crippen molar-refractivity contribution in [2.45, 2.75) is 24.7 Å². The number of thiophene rings is 1. The summed E-state index contributed by atoms with van der Waals surface area (Å²) in [7, 11) is 0. The predicted octanol–water partition coefficient (Wildman–Crippen LogP) is 12.0. The van der Waals surface area contributed by atoms with Crippen LogP contribution < -0.4 is 4.90 Å². The van der Waals surface area contributed by atoms with Crippen molar-refractivity contribution < 1.29 is 4.42 Å². The summed E-state index contributed by atoms with van der Waals surface area (Å²) in [6.45, 7) is 0. The van der Waals surface area contributed by atoms with Crippen LogP contribution in [-0.2, 0) is 0 Å². The number of nitrogens with zero attached hydrogens (tertiary/aromatic N) is 1. The summed E-state index contributed by atoms with van der Waals surface area (Å²) in [6.07, 6.45) is 16.1. The Kier molecular flexibility index (Phi) is 5.43. The Bertz CT molecular complexity index is 2450. The third kappa shape index (κ3) is 3.68. The van der Waals surface area contributed by atoms with Crippen LogP contribution in [-0.4, -0.2) is 0 Å². The first-order chi connectivity index (χ1) is 22.3. The third-order valence-corrected chi connectivity index (χ3v) is 11.1. The van der Waals surface area contributed by atoms with E-state index >= 15 is 0 Å². The smallest absolute Gasteiger partial charge is 0.144 e. The second-order valence-electron chi connectivity index (χ2n) is 12.3. The van der Waals surface area contributed by atoms with Crippen molar-refractivity contribution in [3.8, 4) is 11.1 Å². The molecule has 2 atom stereocenters. The van der Waals surface area contributed by atoms with Crippen LogP contribution in [0.3, 0.4) is 0 Å². The Morgan fingerprint density at radius 2 is 1.60 bits per heavy atom. The Balaban J connectivity index is 1.20. The van der Waals surface area contributed by atoms with E-state index < -0.39 is 0 Å². The minimum Gasteiger partial charge on any atom is -0.455 e. The highest BCUT2D eigenvalue weighted by Gasteiger charge is 2.38. The summed E-state index contributed by atoms with van der Waals surface area (Å²) < 4.78 is 9.20. The van der Waals surface area contributed by atoms with Crippen molar-refractivity contribution in [2.24, 2.45) is 0 Å². The van der Waals surface area contributed by atoms with Crippen molar-refractivity contribution in [3.63, 3.8) is 0 Å². The summed E-state index contributed by atoms with van der Waals surface area (Å²) in [6, 6.07) is 37.4. The number of fused-ring (bicyclic) bond motifs is 10. The maximum absolute atomic E-state index is 6.60. The second-order valence-corrected chi connectivity index (χ2v) is 13.4. The molecule has 7 aromatic rings. The van der Waals surface area contributed by atoms with Crippen LogP contribution in [0.15, 0.2) is 155 Å². The summed E-state index contributed by atoms with van der Waals surface area (Å²) in [5.74, 6) is 0.723. The highest BCUT2D eigenvalue weighted by molar-refractivity contribution is 7.26. The zero-order chi connectivity index (χ0) is 29.5. The fourth-order valence-corrected chi connectivity index (χ4v) is 9.11. The molecule has 45 heavy (non-hydrogen) atoms. The summed E-state index contributed by atoms with van der Waals surface area (Å²) in [4.78, 5) is 2.53. The molecule has 0 spiro atoms. The Labute approximate surface area is 265 Å². The number of rotatable bonds is 3. The highest BCUT2D eigenvalue weighted by atomic mass is 32.1. The van der Waals surface area contributed by atoms with E-state index in [1.54, 1.807) is 0 Å². The van der Waals surface area contributed by atoms with E-state index in [0.717, 1.165) is 24.0 Å². The fourth-order valence-electron chi connectivity index (χ4n) is 7.88. The first kappa shape index (κ1) is 25.2. The number of anilines is 1. The van der Waals surface area contributed by atoms with Gasteiger partial charge in [0.25, 0.3) is 0 Å². The first-order valence-corrected chi connectivity index (χ1v) is 16.6. The molecular formula is C42H29NOS. The lowest BCUT2D eigenvalue weighted by atomic mass is 9.86. The van der Waals surface area contributed by atoms with Gasteiger partial charge in [0.05, 0.1) is 5.69 Å². The van der Waals surface area contributed by atoms with Gasteiger partial charge in [0, 0.05) is 59.7 Å². The van der Waals surface area contributed by atoms with Crippen LogP contribution in [0.4, 0.5) is 5.69 Å². The lowest BCUT2D eigenvalue weighted by Crippen LogP contribution is -2.20. The van der Waals surface area contributed by atoms with Crippen LogP contribution in [0, 0.1) is 0 Å². The average molecular weight is 596 g/mol. The van der Waals surface area contributed by atoms with E-state index in [9.17, 15) is 0 Å². The maximum Gasteiger partial charge on any atom is 0.144 e. The molecule has 10 rings (SSSR count). The van der Waals surface area contributed by atoms with Gasteiger partial charge in [-0.1, -0.05) is 103 Å². The van der Waals surface area contributed by atoms with Gasteiger partial charge in [-0.05, 0) is 65.9 Å². The standard InChI is InChI=1S/C42H29NOS/c1-2-11-26(12-3-1)27-21-23-28(24-22-27)43-35-17-7-4-14-31(35)39-30(16-10-18-36(39)43)34-25-33-29-13-5-8-19-37(29)44-41(33)40-32-15-6-9-20-38(32)45-42(34)40/h1-13,15-21,23-25,27,31H,14,22H2. The molecular weight excluding hydrogens is 567 g/mol. The molecule has 3 heteroatoms. The number of furan rings is 1. The van der Waals surface area contributed by atoms with Gasteiger partial charge in [0.15, 0.2) is 0 Å². The topological polar surface area (TPSA) is 16.4 Å². The molecule has 2 nitrogen and oxygen atoms in total. The van der Waals surface area contributed by atoms with E-state index in [-0.39, 0.29) is 0 Å². The lowest BCUT2D eigenvalue weighted by Gasteiger charge is -2.28. The van der Waals surface area contributed by atoms with Gasteiger partial charge >= 0.3 is 0 Å². The molecule has 214 valence electrons. The zero-order valence-corrected chi connectivity index (χ0v) is 25.4. The number of allylic oxidation sites excluding steroid dienone is 7. The monoisotopic (exact) mass is 595 g/mol. The largest absolute Gasteiger partial charge is 0.455 e.